The first kappa shape index (κ1) is 23.1. The molecule has 7 nitrogen and oxygen atoms in total. The first-order valence-corrected chi connectivity index (χ1v) is 12.0. The summed E-state index contributed by atoms with van der Waals surface area (Å²) in [4.78, 5) is 29.7. The van der Waals surface area contributed by atoms with Gasteiger partial charge in [0, 0.05) is 33.7 Å². The largest absolute Gasteiger partial charge is 0.444 e. The highest BCUT2D eigenvalue weighted by atomic mass is 79.9. The van der Waals surface area contributed by atoms with Crippen LogP contribution in [0.3, 0.4) is 0 Å². The SMILES string of the molecule is CC(C)(C)OC(=O)Nc1ccc(C2=NN(C(=O)c3ccc(Br)cc3)C(c3nccs3)C2)cc1. The number of carbonyl (C=O) groups excluding carboxylic acids is 2. The van der Waals surface area contributed by atoms with Crippen LogP contribution in [0.1, 0.15) is 54.2 Å². The summed E-state index contributed by atoms with van der Waals surface area (Å²) in [6.45, 7) is 5.44. The van der Waals surface area contributed by atoms with Crippen LogP contribution < -0.4 is 5.32 Å². The Balaban J connectivity index is 1.56. The fourth-order valence-corrected chi connectivity index (χ4v) is 4.34. The predicted molar refractivity (Wildman–Crippen MR) is 133 cm³/mol. The van der Waals surface area contributed by atoms with Gasteiger partial charge in [-0.15, -0.1) is 11.3 Å². The summed E-state index contributed by atoms with van der Waals surface area (Å²) in [7, 11) is 0. The lowest BCUT2D eigenvalue weighted by molar-refractivity contribution is 0.0635. The van der Waals surface area contributed by atoms with Crippen molar-refractivity contribution in [3.63, 3.8) is 0 Å². The number of hydrazone groups is 1. The van der Waals surface area contributed by atoms with Gasteiger partial charge < -0.3 is 4.74 Å². The quantitative estimate of drug-likeness (QED) is 0.435. The maximum absolute atomic E-state index is 13.2. The van der Waals surface area contributed by atoms with Crippen molar-refractivity contribution >= 4 is 50.7 Å². The van der Waals surface area contributed by atoms with Crippen LogP contribution in [-0.4, -0.2) is 33.3 Å². The molecule has 33 heavy (non-hydrogen) atoms. The standard InChI is InChI=1S/C24H23BrN4O3S/c1-24(2,3)32-23(31)27-18-10-6-15(7-11-18)19-14-20(21-26-12-13-33-21)29(28-19)22(30)16-4-8-17(25)9-5-16/h4-13,20H,14H2,1-3H3,(H,27,31). The van der Waals surface area contributed by atoms with E-state index in [1.165, 1.54) is 16.3 Å². The molecule has 1 aliphatic rings. The second-order valence-electron chi connectivity index (χ2n) is 8.50. The van der Waals surface area contributed by atoms with Gasteiger partial charge in [-0.1, -0.05) is 28.1 Å². The average Bonchev–Trinajstić information content (AvgIpc) is 3.43. The molecule has 2 heterocycles. The Hall–Kier alpha value is -3.04. The number of nitrogens with one attached hydrogen (secondary N) is 1. The normalized spacial score (nSPS) is 15.8. The van der Waals surface area contributed by atoms with E-state index in [-0.39, 0.29) is 11.9 Å². The molecule has 1 N–H and O–H groups in total. The highest BCUT2D eigenvalue weighted by Gasteiger charge is 2.35. The molecule has 1 aliphatic heterocycles. The van der Waals surface area contributed by atoms with Crippen molar-refractivity contribution in [2.24, 2.45) is 5.10 Å². The second kappa shape index (κ2) is 9.44. The summed E-state index contributed by atoms with van der Waals surface area (Å²) in [6, 6.07) is 14.3. The number of hydrogen-bond donors (Lipinski definition) is 1. The van der Waals surface area contributed by atoms with Crippen molar-refractivity contribution < 1.29 is 14.3 Å². The molecule has 0 fully saturated rings. The molecule has 0 saturated heterocycles. The van der Waals surface area contributed by atoms with Gasteiger partial charge in [-0.05, 0) is 62.7 Å². The first-order chi connectivity index (χ1) is 15.7. The smallest absolute Gasteiger partial charge is 0.412 e. The van der Waals surface area contributed by atoms with Crippen molar-refractivity contribution in [1.82, 2.24) is 9.99 Å². The zero-order valence-corrected chi connectivity index (χ0v) is 20.8. The molecule has 1 unspecified atom stereocenters. The molecule has 3 aromatic rings. The molecule has 0 saturated carbocycles. The van der Waals surface area contributed by atoms with E-state index in [1.54, 1.807) is 30.5 Å². The molecule has 2 aromatic carbocycles. The molecule has 4 rings (SSSR count). The number of nitrogens with zero attached hydrogens (tertiary/aromatic N) is 3. The number of ether oxygens (including phenoxy) is 1. The van der Waals surface area contributed by atoms with Gasteiger partial charge in [-0.3, -0.25) is 10.1 Å². The van der Waals surface area contributed by atoms with Gasteiger partial charge in [-0.25, -0.2) is 14.8 Å². The van der Waals surface area contributed by atoms with Gasteiger partial charge in [-0.2, -0.15) is 5.10 Å². The van der Waals surface area contributed by atoms with Crippen LogP contribution in [0.4, 0.5) is 10.5 Å². The summed E-state index contributed by atoms with van der Waals surface area (Å²) in [5.74, 6) is -0.180. The van der Waals surface area contributed by atoms with E-state index < -0.39 is 11.7 Å². The van der Waals surface area contributed by atoms with Crippen LogP contribution in [0.25, 0.3) is 0 Å². The van der Waals surface area contributed by atoms with Gasteiger partial charge in [0.1, 0.15) is 16.7 Å². The number of benzene rings is 2. The molecular formula is C24H23BrN4O3S. The Morgan fingerprint density at radius 2 is 1.82 bits per heavy atom. The lowest BCUT2D eigenvalue weighted by Crippen LogP contribution is -2.27. The number of amides is 2. The zero-order chi connectivity index (χ0) is 23.6. The molecular weight excluding hydrogens is 504 g/mol. The zero-order valence-electron chi connectivity index (χ0n) is 18.4. The Labute approximate surface area is 204 Å². The molecule has 1 aromatic heterocycles. The molecule has 0 spiro atoms. The van der Waals surface area contributed by atoms with Gasteiger partial charge >= 0.3 is 6.09 Å². The van der Waals surface area contributed by atoms with Gasteiger partial charge in [0.2, 0.25) is 0 Å². The maximum Gasteiger partial charge on any atom is 0.412 e. The van der Waals surface area contributed by atoms with Crippen molar-refractivity contribution in [2.45, 2.75) is 38.8 Å². The number of halogens is 1. The van der Waals surface area contributed by atoms with Gasteiger partial charge in [0.25, 0.3) is 5.91 Å². The van der Waals surface area contributed by atoms with Crippen molar-refractivity contribution in [2.75, 3.05) is 5.32 Å². The van der Waals surface area contributed by atoms with Crippen LogP contribution in [0.15, 0.2) is 69.7 Å². The molecule has 1 atom stereocenters. The van der Waals surface area contributed by atoms with Crippen LogP contribution in [-0.2, 0) is 4.74 Å². The van der Waals surface area contributed by atoms with Crippen LogP contribution in [0.5, 0.6) is 0 Å². The minimum Gasteiger partial charge on any atom is -0.444 e. The number of rotatable bonds is 4. The van der Waals surface area contributed by atoms with Gasteiger partial charge in [0.05, 0.1) is 5.71 Å². The molecule has 170 valence electrons. The number of hydrogen-bond acceptors (Lipinski definition) is 6. The van der Waals surface area contributed by atoms with Crippen molar-refractivity contribution in [1.29, 1.82) is 0 Å². The van der Waals surface area contributed by atoms with Crippen molar-refractivity contribution in [3.05, 3.63) is 80.7 Å². The van der Waals surface area contributed by atoms with Crippen LogP contribution in [0.2, 0.25) is 0 Å². The lowest BCUT2D eigenvalue weighted by atomic mass is 10.0. The van der Waals surface area contributed by atoms with E-state index >= 15 is 0 Å². The lowest BCUT2D eigenvalue weighted by Gasteiger charge is -2.19. The molecule has 9 heteroatoms. The molecule has 2 amide bonds. The third-order valence-corrected chi connectivity index (χ3v) is 6.21. The third-order valence-electron chi connectivity index (χ3n) is 4.81. The fraction of sp³-hybridized carbons (Fsp3) is 0.250. The average molecular weight is 527 g/mol. The Morgan fingerprint density at radius 1 is 1.12 bits per heavy atom. The molecule has 0 radical (unpaired) electrons. The fourth-order valence-electron chi connectivity index (χ4n) is 3.36. The summed E-state index contributed by atoms with van der Waals surface area (Å²) in [5, 5.41) is 11.6. The highest BCUT2D eigenvalue weighted by molar-refractivity contribution is 9.10. The van der Waals surface area contributed by atoms with E-state index in [1.807, 2.05) is 50.4 Å². The minimum atomic E-state index is -0.571. The second-order valence-corrected chi connectivity index (χ2v) is 10.3. The highest BCUT2D eigenvalue weighted by Crippen LogP contribution is 2.35. The number of thiazole rings is 1. The monoisotopic (exact) mass is 526 g/mol. The maximum atomic E-state index is 13.2. The topological polar surface area (TPSA) is 83.9 Å². The molecule has 0 bridgehead atoms. The molecule has 0 aliphatic carbocycles. The van der Waals surface area contributed by atoms with Gasteiger partial charge in [0.15, 0.2) is 0 Å². The van der Waals surface area contributed by atoms with Crippen molar-refractivity contribution in [3.8, 4) is 0 Å². The summed E-state index contributed by atoms with van der Waals surface area (Å²) in [6.07, 6.45) is 1.77. The minimum absolute atomic E-state index is 0.180. The summed E-state index contributed by atoms with van der Waals surface area (Å²) < 4.78 is 6.19. The van der Waals surface area contributed by atoms with E-state index in [9.17, 15) is 9.59 Å². The Kier molecular flexibility index (Phi) is 6.62. The van der Waals surface area contributed by atoms with Crippen LogP contribution >= 0.6 is 27.3 Å². The number of aromatic nitrogens is 1. The van der Waals surface area contributed by atoms with E-state index in [2.05, 4.69) is 31.3 Å². The van der Waals surface area contributed by atoms with E-state index in [0.29, 0.717) is 17.7 Å². The Morgan fingerprint density at radius 3 is 2.42 bits per heavy atom. The van der Waals surface area contributed by atoms with E-state index in [4.69, 9.17) is 4.74 Å². The predicted octanol–water partition coefficient (Wildman–Crippen LogP) is 6.24. The first-order valence-electron chi connectivity index (χ1n) is 10.4. The Bertz CT molecular complexity index is 1170. The number of anilines is 1. The van der Waals surface area contributed by atoms with E-state index in [0.717, 1.165) is 20.8 Å². The summed E-state index contributed by atoms with van der Waals surface area (Å²) >= 11 is 4.90. The third kappa shape index (κ3) is 5.66. The van der Waals surface area contributed by atoms with Crippen LogP contribution in [0, 0.1) is 0 Å². The number of carbonyl (C=O) groups is 2. The summed E-state index contributed by atoms with van der Waals surface area (Å²) in [5.41, 5.74) is 2.26.